The number of anilines is 2. The molecule has 152 valence electrons. The molecule has 3 aliphatic carbocycles. The zero-order chi connectivity index (χ0) is 19.6. The number of morpholine rings is 1. The molecule has 5 heterocycles. The molecule has 0 radical (unpaired) electrons. The van der Waals surface area contributed by atoms with Gasteiger partial charge in [0.1, 0.15) is 0 Å². The third-order valence-corrected chi connectivity index (χ3v) is 7.21. The number of hydrogen-bond acceptors (Lipinski definition) is 9. The maximum Gasteiger partial charge on any atom is 0.232 e. The van der Waals surface area contributed by atoms with Gasteiger partial charge in [0.15, 0.2) is 10.9 Å². The van der Waals surface area contributed by atoms with E-state index >= 15 is 0 Å². The number of thiazole rings is 1. The molecule has 8 rings (SSSR count). The van der Waals surface area contributed by atoms with Crippen molar-refractivity contribution in [1.29, 1.82) is 0 Å². The number of nitrogens with zero attached hydrogens (tertiary/aromatic N) is 4. The molecule has 2 aromatic heterocycles. The van der Waals surface area contributed by atoms with Crippen molar-refractivity contribution in [1.82, 2.24) is 15.0 Å². The van der Waals surface area contributed by atoms with Gasteiger partial charge >= 0.3 is 0 Å². The summed E-state index contributed by atoms with van der Waals surface area (Å²) in [7, 11) is 1.71. The highest BCUT2D eigenvalue weighted by molar-refractivity contribution is 7.14. The lowest BCUT2D eigenvalue weighted by atomic mass is 9.41. The fourth-order valence-electron chi connectivity index (χ4n) is 4.91. The molecule has 6 aliphatic rings. The Morgan fingerprint density at radius 2 is 1.97 bits per heavy atom. The summed E-state index contributed by atoms with van der Waals surface area (Å²) in [6.07, 6.45) is 7.43. The summed E-state index contributed by atoms with van der Waals surface area (Å²) in [6, 6.07) is 0. The number of aromatic nitrogens is 3. The number of nitrogens with one attached hydrogen (secondary N) is 1. The molecule has 3 aliphatic heterocycles. The normalized spacial score (nSPS) is 33.9. The minimum Gasteiger partial charge on any atom is -0.435 e. The lowest BCUT2D eigenvalue weighted by molar-refractivity contribution is -0.260. The van der Waals surface area contributed by atoms with Crippen LogP contribution in [0.1, 0.15) is 25.7 Å². The van der Waals surface area contributed by atoms with E-state index in [9.17, 15) is 4.79 Å². The third kappa shape index (κ3) is 2.81. The SMILES string of the molecule is COC12CC(C(=O)Nc3nc(Oc4cnc(N5CC6CC(C5)O6)nc4)cs3)(C1)C2. The number of piperidine rings is 1. The number of methoxy groups -OCH3 is 1. The van der Waals surface area contributed by atoms with Crippen LogP contribution in [-0.4, -0.2) is 58.9 Å². The zero-order valence-electron chi connectivity index (χ0n) is 16.0. The van der Waals surface area contributed by atoms with E-state index in [2.05, 4.69) is 25.2 Å². The number of amides is 1. The number of carbonyl (C=O) groups is 1. The van der Waals surface area contributed by atoms with Gasteiger partial charge < -0.3 is 24.4 Å². The van der Waals surface area contributed by atoms with Crippen LogP contribution in [0, 0.1) is 5.41 Å². The van der Waals surface area contributed by atoms with E-state index in [1.807, 2.05) is 0 Å². The van der Waals surface area contributed by atoms with E-state index in [0.29, 0.717) is 34.9 Å². The molecule has 6 fully saturated rings. The maximum absolute atomic E-state index is 12.5. The molecule has 3 saturated heterocycles. The van der Waals surface area contributed by atoms with Gasteiger partial charge in [-0.15, -0.1) is 11.3 Å². The Hall–Kier alpha value is -2.30. The molecule has 0 spiro atoms. The Morgan fingerprint density at radius 3 is 2.62 bits per heavy atom. The standard InChI is InChI=1S/C19H21N5O4S/c1-26-19-8-18(9-19,10-19)15(25)23-17-22-14(7-29-17)28-13-3-20-16(21-4-13)24-5-11-2-12(6-24)27-11/h3-4,7,11-12H,2,5-6,8-10H2,1H3,(H,22,23,25). The topological polar surface area (TPSA) is 98.7 Å². The van der Waals surface area contributed by atoms with Crippen molar-refractivity contribution in [2.75, 3.05) is 30.4 Å². The Bertz CT molecular complexity index is 928. The largest absolute Gasteiger partial charge is 0.435 e. The number of ether oxygens (including phenoxy) is 3. The van der Waals surface area contributed by atoms with Crippen LogP contribution in [0.25, 0.3) is 0 Å². The maximum atomic E-state index is 12.5. The van der Waals surface area contributed by atoms with Crippen LogP contribution in [0.4, 0.5) is 11.1 Å². The van der Waals surface area contributed by atoms with Crippen molar-refractivity contribution in [3.8, 4) is 11.6 Å². The monoisotopic (exact) mass is 415 g/mol. The second kappa shape index (κ2) is 6.10. The molecule has 29 heavy (non-hydrogen) atoms. The van der Waals surface area contributed by atoms with Gasteiger partial charge in [0, 0.05) is 26.6 Å². The summed E-state index contributed by atoms with van der Waals surface area (Å²) in [6.45, 7) is 1.66. The molecule has 2 unspecified atom stereocenters. The first-order valence-electron chi connectivity index (χ1n) is 9.77. The van der Waals surface area contributed by atoms with Crippen LogP contribution in [0.5, 0.6) is 11.6 Å². The van der Waals surface area contributed by atoms with Crippen LogP contribution < -0.4 is 15.0 Å². The third-order valence-electron chi connectivity index (χ3n) is 6.48. The van der Waals surface area contributed by atoms with Gasteiger partial charge in [0.2, 0.25) is 17.7 Å². The lowest BCUT2D eigenvalue weighted by Gasteiger charge is -2.67. The van der Waals surface area contributed by atoms with Crippen LogP contribution in [0.2, 0.25) is 0 Å². The van der Waals surface area contributed by atoms with Crippen molar-refractivity contribution >= 4 is 28.3 Å². The number of fused-ring (bicyclic) bond motifs is 2. The van der Waals surface area contributed by atoms with Crippen molar-refractivity contribution < 1.29 is 19.0 Å². The average molecular weight is 415 g/mol. The van der Waals surface area contributed by atoms with E-state index in [1.165, 1.54) is 11.3 Å². The predicted octanol–water partition coefficient (Wildman–Crippen LogP) is 2.21. The molecule has 9 nitrogen and oxygen atoms in total. The summed E-state index contributed by atoms with van der Waals surface area (Å²) < 4.78 is 16.8. The molecule has 1 amide bonds. The Balaban J connectivity index is 1.06. The highest BCUT2D eigenvalue weighted by Gasteiger charge is 2.72. The second-order valence-corrected chi connectivity index (χ2v) is 9.34. The highest BCUT2D eigenvalue weighted by Crippen LogP contribution is 2.69. The molecule has 2 atom stereocenters. The van der Waals surface area contributed by atoms with Crippen molar-refractivity contribution in [2.24, 2.45) is 5.41 Å². The van der Waals surface area contributed by atoms with Crippen LogP contribution in [0.15, 0.2) is 17.8 Å². The van der Waals surface area contributed by atoms with Gasteiger partial charge in [0.25, 0.3) is 0 Å². The molecule has 1 N–H and O–H groups in total. The van der Waals surface area contributed by atoms with E-state index in [1.54, 1.807) is 24.9 Å². The Labute approximate surface area is 171 Å². The molecule has 4 bridgehead atoms. The van der Waals surface area contributed by atoms with Crippen molar-refractivity contribution in [3.05, 3.63) is 17.8 Å². The summed E-state index contributed by atoms with van der Waals surface area (Å²) in [5, 5.41) is 5.21. The van der Waals surface area contributed by atoms with E-state index in [4.69, 9.17) is 14.2 Å². The summed E-state index contributed by atoms with van der Waals surface area (Å²) in [5.74, 6) is 1.64. The summed E-state index contributed by atoms with van der Waals surface area (Å²) in [4.78, 5) is 27.8. The lowest BCUT2D eigenvalue weighted by Crippen LogP contribution is -2.72. The summed E-state index contributed by atoms with van der Waals surface area (Å²) >= 11 is 1.34. The fraction of sp³-hybridized carbons (Fsp3) is 0.579. The van der Waals surface area contributed by atoms with Gasteiger partial charge in [-0.05, 0) is 19.3 Å². The molecule has 0 aromatic carbocycles. The smallest absolute Gasteiger partial charge is 0.232 e. The first-order chi connectivity index (χ1) is 14.0. The van der Waals surface area contributed by atoms with E-state index < -0.39 is 0 Å². The Kier molecular flexibility index (Phi) is 3.69. The van der Waals surface area contributed by atoms with Gasteiger partial charge in [-0.1, -0.05) is 0 Å². The first kappa shape index (κ1) is 17.5. The number of carbonyl (C=O) groups excluding carboxylic acids is 1. The first-order valence-corrected chi connectivity index (χ1v) is 10.7. The van der Waals surface area contributed by atoms with Crippen molar-refractivity contribution in [3.63, 3.8) is 0 Å². The second-order valence-electron chi connectivity index (χ2n) is 8.48. The van der Waals surface area contributed by atoms with E-state index in [-0.39, 0.29) is 16.9 Å². The number of hydrogen-bond donors (Lipinski definition) is 1. The van der Waals surface area contributed by atoms with Crippen LogP contribution in [0.3, 0.4) is 0 Å². The Morgan fingerprint density at radius 1 is 1.28 bits per heavy atom. The molecule has 2 aromatic rings. The quantitative estimate of drug-likeness (QED) is 0.767. The minimum absolute atomic E-state index is 0.0218. The van der Waals surface area contributed by atoms with Gasteiger partial charge in [-0.25, -0.2) is 9.97 Å². The fourth-order valence-corrected chi connectivity index (χ4v) is 5.52. The van der Waals surface area contributed by atoms with E-state index in [0.717, 1.165) is 38.8 Å². The van der Waals surface area contributed by atoms with Crippen LogP contribution >= 0.6 is 11.3 Å². The van der Waals surface area contributed by atoms with Crippen molar-refractivity contribution in [2.45, 2.75) is 43.5 Å². The van der Waals surface area contributed by atoms with Crippen LogP contribution in [-0.2, 0) is 14.3 Å². The predicted molar refractivity (Wildman–Crippen MR) is 104 cm³/mol. The molecule has 10 heteroatoms. The minimum atomic E-state index is -0.271. The highest BCUT2D eigenvalue weighted by atomic mass is 32.1. The average Bonchev–Trinajstić information content (AvgIpc) is 3.07. The molecular weight excluding hydrogens is 394 g/mol. The molecular formula is C19H21N5O4S. The molecule has 3 saturated carbocycles. The zero-order valence-corrected chi connectivity index (χ0v) is 16.8. The van der Waals surface area contributed by atoms with Gasteiger partial charge in [-0.2, -0.15) is 4.98 Å². The number of rotatable bonds is 6. The van der Waals surface area contributed by atoms with Gasteiger partial charge in [0.05, 0.1) is 41.0 Å². The van der Waals surface area contributed by atoms with Gasteiger partial charge in [-0.3, -0.25) is 4.79 Å². The summed E-state index contributed by atoms with van der Waals surface area (Å²) in [5.41, 5.74) is -0.325.